The topological polar surface area (TPSA) is 69.0 Å². The Bertz CT molecular complexity index is 1180. The molecule has 4 aromatic rings. The number of aryl methyl sites for hydroxylation is 2. The van der Waals surface area contributed by atoms with Crippen LogP contribution < -0.4 is 10.1 Å². The molecule has 0 fully saturated rings. The molecule has 0 saturated heterocycles. The number of methoxy groups -OCH3 is 1. The third-order valence-corrected chi connectivity index (χ3v) is 5.21. The SMILES string of the molecule is COc1ncccc1-c1ccc(C(=O)NCCCn2ccnc2C)c2ccccc12. The van der Waals surface area contributed by atoms with Gasteiger partial charge in [-0.05, 0) is 47.9 Å². The third-order valence-electron chi connectivity index (χ3n) is 5.21. The van der Waals surface area contributed by atoms with Crippen LogP contribution >= 0.6 is 0 Å². The van der Waals surface area contributed by atoms with Crippen molar-refractivity contribution in [3.63, 3.8) is 0 Å². The second-order valence-electron chi connectivity index (χ2n) is 7.04. The van der Waals surface area contributed by atoms with Crippen LogP contribution in [0.5, 0.6) is 5.88 Å². The molecule has 0 radical (unpaired) electrons. The first kappa shape index (κ1) is 19.6. The zero-order chi connectivity index (χ0) is 20.9. The third kappa shape index (κ3) is 3.89. The van der Waals surface area contributed by atoms with Gasteiger partial charge in [0, 0.05) is 42.8 Å². The molecule has 0 aliphatic carbocycles. The normalized spacial score (nSPS) is 10.9. The zero-order valence-electron chi connectivity index (χ0n) is 17.1. The van der Waals surface area contributed by atoms with Crippen LogP contribution in [0.1, 0.15) is 22.6 Å². The number of pyridine rings is 1. The molecule has 0 spiro atoms. The van der Waals surface area contributed by atoms with Gasteiger partial charge in [0.25, 0.3) is 5.91 Å². The lowest BCUT2D eigenvalue weighted by Gasteiger charge is -2.13. The first-order valence-corrected chi connectivity index (χ1v) is 9.96. The molecule has 0 saturated carbocycles. The first-order chi connectivity index (χ1) is 14.7. The summed E-state index contributed by atoms with van der Waals surface area (Å²) >= 11 is 0. The van der Waals surface area contributed by atoms with Crippen molar-refractivity contribution in [3.05, 3.63) is 78.5 Å². The lowest BCUT2D eigenvalue weighted by Crippen LogP contribution is -2.25. The van der Waals surface area contributed by atoms with Gasteiger partial charge in [0.15, 0.2) is 0 Å². The summed E-state index contributed by atoms with van der Waals surface area (Å²) in [6, 6.07) is 15.6. The van der Waals surface area contributed by atoms with Crippen molar-refractivity contribution in [2.75, 3.05) is 13.7 Å². The largest absolute Gasteiger partial charge is 0.481 e. The fourth-order valence-electron chi connectivity index (χ4n) is 3.68. The number of imidazole rings is 1. The van der Waals surface area contributed by atoms with Gasteiger partial charge >= 0.3 is 0 Å². The van der Waals surface area contributed by atoms with Gasteiger partial charge in [0.1, 0.15) is 5.82 Å². The molecule has 30 heavy (non-hydrogen) atoms. The average Bonchev–Trinajstić information content (AvgIpc) is 3.20. The Hall–Kier alpha value is -3.67. The number of nitrogens with one attached hydrogen (secondary N) is 1. The van der Waals surface area contributed by atoms with E-state index in [1.54, 1.807) is 19.5 Å². The van der Waals surface area contributed by atoms with Crippen molar-refractivity contribution in [2.45, 2.75) is 19.9 Å². The van der Waals surface area contributed by atoms with Gasteiger partial charge < -0.3 is 14.6 Å². The quantitative estimate of drug-likeness (QED) is 0.471. The van der Waals surface area contributed by atoms with Crippen LogP contribution in [-0.4, -0.2) is 34.1 Å². The Morgan fingerprint density at radius 1 is 1.00 bits per heavy atom. The standard InChI is InChI=1S/C24H24N4O2/c1-17-25-14-16-28(17)15-6-13-26-23(29)21-11-10-20(18-7-3-4-8-19(18)21)22-9-5-12-27-24(22)30-2/h3-5,7-12,14,16H,6,13,15H2,1-2H3,(H,26,29). The van der Waals surface area contributed by atoms with E-state index >= 15 is 0 Å². The number of aromatic nitrogens is 3. The predicted octanol–water partition coefficient (Wildman–Crippen LogP) is 4.24. The maximum Gasteiger partial charge on any atom is 0.251 e. The molecular weight excluding hydrogens is 376 g/mol. The van der Waals surface area contributed by atoms with Crippen LogP contribution in [0.25, 0.3) is 21.9 Å². The molecular formula is C24H24N4O2. The van der Waals surface area contributed by atoms with Gasteiger partial charge in [-0.1, -0.05) is 30.3 Å². The molecule has 1 N–H and O–H groups in total. The highest BCUT2D eigenvalue weighted by atomic mass is 16.5. The van der Waals surface area contributed by atoms with Crippen molar-refractivity contribution < 1.29 is 9.53 Å². The predicted molar refractivity (Wildman–Crippen MR) is 118 cm³/mol. The lowest BCUT2D eigenvalue weighted by atomic mass is 9.95. The molecule has 6 nitrogen and oxygen atoms in total. The second kappa shape index (κ2) is 8.78. The molecule has 1 amide bonds. The Kier molecular flexibility index (Phi) is 5.75. The summed E-state index contributed by atoms with van der Waals surface area (Å²) in [6.07, 6.45) is 6.29. The van der Waals surface area contributed by atoms with Crippen molar-refractivity contribution in [1.29, 1.82) is 0 Å². The number of nitrogens with zero attached hydrogens (tertiary/aromatic N) is 3. The number of hydrogen-bond donors (Lipinski definition) is 1. The Balaban J connectivity index is 1.56. The van der Waals surface area contributed by atoms with Gasteiger partial charge in [-0.25, -0.2) is 9.97 Å². The zero-order valence-corrected chi connectivity index (χ0v) is 17.1. The fourth-order valence-corrected chi connectivity index (χ4v) is 3.68. The molecule has 0 unspecified atom stereocenters. The van der Waals surface area contributed by atoms with Crippen LogP contribution in [-0.2, 0) is 6.54 Å². The summed E-state index contributed by atoms with van der Waals surface area (Å²) in [7, 11) is 1.61. The molecule has 0 aliphatic rings. The minimum atomic E-state index is -0.0711. The van der Waals surface area contributed by atoms with E-state index in [4.69, 9.17) is 4.74 Å². The maximum absolute atomic E-state index is 12.9. The summed E-state index contributed by atoms with van der Waals surface area (Å²) in [5, 5.41) is 4.94. The monoisotopic (exact) mass is 400 g/mol. The minimum absolute atomic E-state index is 0.0711. The van der Waals surface area contributed by atoms with Gasteiger partial charge in [0.05, 0.1) is 7.11 Å². The number of carbonyl (C=O) groups is 1. The number of benzene rings is 2. The average molecular weight is 400 g/mol. The van der Waals surface area contributed by atoms with E-state index in [2.05, 4.69) is 19.9 Å². The lowest BCUT2D eigenvalue weighted by molar-refractivity contribution is 0.0954. The molecule has 2 aromatic heterocycles. The molecule has 2 aromatic carbocycles. The second-order valence-corrected chi connectivity index (χ2v) is 7.04. The number of ether oxygens (including phenoxy) is 1. The highest BCUT2D eigenvalue weighted by Crippen LogP contribution is 2.35. The molecule has 0 atom stereocenters. The first-order valence-electron chi connectivity index (χ1n) is 9.96. The van der Waals surface area contributed by atoms with E-state index in [0.717, 1.165) is 40.7 Å². The van der Waals surface area contributed by atoms with Gasteiger partial charge in [0.2, 0.25) is 5.88 Å². The molecule has 0 bridgehead atoms. The van der Waals surface area contributed by atoms with Gasteiger partial charge in [-0.2, -0.15) is 0 Å². The Morgan fingerprint density at radius 3 is 2.60 bits per heavy atom. The number of hydrogen-bond acceptors (Lipinski definition) is 4. The maximum atomic E-state index is 12.9. The highest BCUT2D eigenvalue weighted by molar-refractivity contribution is 6.11. The van der Waals surface area contributed by atoms with E-state index in [-0.39, 0.29) is 5.91 Å². The fraction of sp³-hybridized carbons (Fsp3) is 0.208. The number of rotatable bonds is 7. The molecule has 2 heterocycles. The summed E-state index contributed by atoms with van der Waals surface area (Å²) in [6.45, 7) is 3.40. The van der Waals surface area contributed by atoms with Crippen LogP contribution in [0.3, 0.4) is 0 Å². The molecule has 152 valence electrons. The van der Waals surface area contributed by atoms with Gasteiger partial charge in [-0.15, -0.1) is 0 Å². The van der Waals surface area contributed by atoms with Crippen molar-refractivity contribution in [1.82, 2.24) is 19.9 Å². The number of carbonyl (C=O) groups excluding carboxylic acids is 1. The molecule has 6 heteroatoms. The Morgan fingerprint density at radius 2 is 1.83 bits per heavy atom. The number of amides is 1. The van der Waals surface area contributed by atoms with E-state index in [1.807, 2.05) is 61.7 Å². The highest BCUT2D eigenvalue weighted by Gasteiger charge is 2.15. The van der Waals surface area contributed by atoms with Crippen molar-refractivity contribution in [2.24, 2.45) is 0 Å². The molecule has 0 aliphatic heterocycles. The van der Waals surface area contributed by atoms with Crippen LogP contribution in [0.4, 0.5) is 0 Å². The van der Waals surface area contributed by atoms with E-state index < -0.39 is 0 Å². The smallest absolute Gasteiger partial charge is 0.251 e. The van der Waals surface area contributed by atoms with E-state index in [1.165, 1.54) is 0 Å². The summed E-state index contributed by atoms with van der Waals surface area (Å²) in [5.41, 5.74) is 2.55. The van der Waals surface area contributed by atoms with Crippen molar-refractivity contribution >= 4 is 16.7 Å². The summed E-state index contributed by atoms with van der Waals surface area (Å²) < 4.78 is 7.51. The summed E-state index contributed by atoms with van der Waals surface area (Å²) in [4.78, 5) is 21.4. The van der Waals surface area contributed by atoms with Crippen LogP contribution in [0.2, 0.25) is 0 Å². The van der Waals surface area contributed by atoms with Crippen LogP contribution in [0.15, 0.2) is 67.1 Å². The molecule has 4 rings (SSSR count). The summed E-state index contributed by atoms with van der Waals surface area (Å²) in [5.74, 6) is 1.47. The minimum Gasteiger partial charge on any atom is -0.481 e. The Labute approximate surface area is 175 Å². The van der Waals surface area contributed by atoms with E-state index in [9.17, 15) is 4.79 Å². The van der Waals surface area contributed by atoms with Crippen LogP contribution in [0, 0.1) is 6.92 Å². The van der Waals surface area contributed by atoms with E-state index in [0.29, 0.717) is 18.0 Å². The van der Waals surface area contributed by atoms with Gasteiger partial charge in [-0.3, -0.25) is 4.79 Å². The van der Waals surface area contributed by atoms with Crippen molar-refractivity contribution in [3.8, 4) is 17.0 Å². The number of fused-ring (bicyclic) bond motifs is 1.